The Hall–Kier alpha value is -2.42. The Morgan fingerprint density at radius 1 is 1.09 bits per heavy atom. The zero-order valence-corrected chi connectivity index (χ0v) is 20.7. The highest BCUT2D eigenvalue weighted by molar-refractivity contribution is 7.89. The van der Waals surface area contributed by atoms with Crippen molar-refractivity contribution in [3.8, 4) is 0 Å². The van der Waals surface area contributed by atoms with Gasteiger partial charge >= 0.3 is 0 Å². The first-order valence-electron chi connectivity index (χ1n) is 11.1. The van der Waals surface area contributed by atoms with E-state index in [1.807, 2.05) is 20.8 Å². The van der Waals surface area contributed by atoms with Crippen LogP contribution in [0.25, 0.3) is 0 Å². The third-order valence-corrected chi connectivity index (χ3v) is 7.80. The molecule has 2 amide bonds. The van der Waals surface area contributed by atoms with Gasteiger partial charge in [-0.2, -0.15) is 4.31 Å². The maximum Gasteiger partial charge on any atom is 0.255 e. The molecule has 1 atom stereocenters. The molecule has 9 heteroatoms. The number of sulfonamides is 1. The fourth-order valence-corrected chi connectivity index (χ4v) is 5.87. The van der Waals surface area contributed by atoms with Crippen molar-refractivity contribution in [2.75, 3.05) is 23.7 Å². The SMILES string of the molecule is CC(C)CC(=O)Nc1ccc(NC(=O)c2ccc(Cl)c(S(=O)(=O)N3CCCC(C)C3)c2)cc1. The zero-order valence-electron chi connectivity index (χ0n) is 19.1. The number of hydrogen-bond acceptors (Lipinski definition) is 4. The molecule has 1 saturated heterocycles. The van der Waals surface area contributed by atoms with Gasteiger partial charge < -0.3 is 10.6 Å². The standard InChI is InChI=1S/C24H30ClN3O4S/c1-16(2)13-23(29)26-19-7-9-20(10-8-19)27-24(30)18-6-11-21(25)22(14-18)33(31,32)28-12-4-5-17(3)15-28/h6-11,14,16-17H,4-5,12-13,15H2,1-3H3,(H,26,29)(H,27,30). The van der Waals surface area contributed by atoms with Crippen molar-refractivity contribution in [3.63, 3.8) is 0 Å². The molecule has 1 aliphatic heterocycles. The molecule has 0 aliphatic carbocycles. The molecule has 1 unspecified atom stereocenters. The average Bonchev–Trinajstić information content (AvgIpc) is 2.74. The number of benzene rings is 2. The number of nitrogens with zero attached hydrogens (tertiary/aromatic N) is 1. The van der Waals surface area contributed by atoms with E-state index in [-0.39, 0.29) is 33.2 Å². The van der Waals surface area contributed by atoms with E-state index in [1.165, 1.54) is 22.5 Å². The van der Waals surface area contributed by atoms with Crippen LogP contribution >= 0.6 is 11.6 Å². The van der Waals surface area contributed by atoms with Crippen molar-refractivity contribution in [1.82, 2.24) is 4.31 Å². The van der Waals surface area contributed by atoms with Crippen LogP contribution in [0.15, 0.2) is 47.4 Å². The molecule has 0 saturated carbocycles. The molecule has 0 bridgehead atoms. The summed E-state index contributed by atoms with van der Waals surface area (Å²) in [6, 6.07) is 11.0. The molecular formula is C24H30ClN3O4S. The second kappa shape index (κ2) is 10.7. The van der Waals surface area contributed by atoms with Crippen LogP contribution in [0.4, 0.5) is 11.4 Å². The second-order valence-electron chi connectivity index (χ2n) is 8.93. The number of nitrogens with one attached hydrogen (secondary N) is 2. The van der Waals surface area contributed by atoms with Crippen LogP contribution in [0.3, 0.4) is 0 Å². The molecule has 0 aromatic heterocycles. The van der Waals surface area contributed by atoms with E-state index >= 15 is 0 Å². The van der Waals surface area contributed by atoms with E-state index in [0.29, 0.717) is 30.9 Å². The van der Waals surface area contributed by atoms with Crippen molar-refractivity contribution < 1.29 is 18.0 Å². The highest BCUT2D eigenvalue weighted by Gasteiger charge is 2.31. The molecule has 178 valence electrons. The molecule has 1 heterocycles. The lowest BCUT2D eigenvalue weighted by Crippen LogP contribution is -2.39. The number of piperidine rings is 1. The Morgan fingerprint density at radius 2 is 1.73 bits per heavy atom. The highest BCUT2D eigenvalue weighted by Crippen LogP contribution is 2.29. The van der Waals surface area contributed by atoms with Gasteiger partial charge in [0.2, 0.25) is 15.9 Å². The minimum Gasteiger partial charge on any atom is -0.326 e. The monoisotopic (exact) mass is 491 g/mol. The van der Waals surface area contributed by atoms with Crippen LogP contribution in [0.1, 0.15) is 50.4 Å². The van der Waals surface area contributed by atoms with Gasteiger partial charge in [0.1, 0.15) is 4.90 Å². The summed E-state index contributed by atoms with van der Waals surface area (Å²) in [6.07, 6.45) is 2.21. The summed E-state index contributed by atoms with van der Waals surface area (Å²) in [5, 5.41) is 5.65. The maximum atomic E-state index is 13.2. The van der Waals surface area contributed by atoms with Gasteiger partial charge in [-0.25, -0.2) is 8.42 Å². The fourth-order valence-electron chi connectivity index (χ4n) is 3.77. The third-order valence-electron chi connectivity index (χ3n) is 5.45. The van der Waals surface area contributed by atoms with Crippen LogP contribution in [-0.4, -0.2) is 37.6 Å². The molecule has 0 radical (unpaired) electrons. The van der Waals surface area contributed by atoms with Gasteiger partial charge in [-0.3, -0.25) is 9.59 Å². The quantitative estimate of drug-likeness (QED) is 0.569. The maximum absolute atomic E-state index is 13.2. The first-order valence-corrected chi connectivity index (χ1v) is 12.9. The number of amides is 2. The van der Waals surface area contributed by atoms with Gasteiger partial charge in [-0.05, 0) is 67.1 Å². The summed E-state index contributed by atoms with van der Waals surface area (Å²) in [5.74, 6) is 0.0124. The van der Waals surface area contributed by atoms with E-state index in [0.717, 1.165) is 12.8 Å². The number of hydrogen-bond donors (Lipinski definition) is 2. The Bertz CT molecular complexity index is 1120. The largest absolute Gasteiger partial charge is 0.326 e. The molecule has 2 N–H and O–H groups in total. The molecule has 1 fully saturated rings. The van der Waals surface area contributed by atoms with E-state index in [4.69, 9.17) is 11.6 Å². The number of halogens is 1. The molecule has 33 heavy (non-hydrogen) atoms. The number of carbonyl (C=O) groups is 2. The Labute approximate surface area is 200 Å². The average molecular weight is 492 g/mol. The molecule has 0 spiro atoms. The molecular weight excluding hydrogens is 462 g/mol. The number of carbonyl (C=O) groups excluding carboxylic acids is 2. The Kier molecular flexibility index (Phi) is 8.15. The van der Waals surface area contributed by atoms with Crippen molar-refractivity contribution in [2.45, 2.75) is 44.9 Å². The summed E-state index contributed by atoms with van der Waals surface area (Å²) in [4.78, 5) is 24.6. The number of anilines is 2. The van der Waals surface area contributed by atoms with Gasteiger partial charge in [-0.15, -0.1) is 0 Å². The smallest absolute Gasteiger partial charge is 0.255 e. The van der Waals surface area contributed by atoms with Crippen LogP contribution in [0, 0.1) is 11.8 Å². The lowest BCUT2D eigenvalue weighted by atomic mass is 10.0. The first-order chi connectivity index (χ1) is 15.6. The molecule has 2 aromatic rings. The third kappa shape index (κ3) is 6.56. The van der Waals surface area contributed by atoms with Gasteiger partial charge in [-0.1, -0.05) is 32.4 Å². The minimum absolute atomic E-state index is 0.0610. The summed E-state index contributed by atoms with van der Waals surface area (Å²) in [6.45, 7) is 6.85. The van der Waals surface area contributed by atoms with Gasteiger partial charge in [0.15, 0.2) is 0 Å². The normalized spacial score (nSPS) is 17.1. The van der Waals surface area contributed by atoms with E-state index in [2.05, 4.69) is 10.6 Å². The lowest BCUT2D eigenvalue weighted by molar-refractivity contribution is -0.116. The Balaban J connectivity index is 1.72. The predicted molar refractivity (Wildman–Crippen MR) is 131 cm³/mol. The van der Waals surface area contributed by atoms with E-state index in [9.17, 15) is 18.0 Å². The Morgan fingerprint density at radius 3 is 2.33 bits per heavy atom. The second-order valence-corrected chi connectivity index (χ2v) is 11.2. The van der Waals surface area contributed by atoms with Gasteiger partial charge in [0.05, 0.1) is 5.02 Å². The first kappa shape index (κ1) is 25.2. The zero-order chi connectivity index (χ0) is 24.2. The van der Waals surface area contributed by atoms with Crippen molar-refractivity contribution in [1.29, 1.82) is 0 Å². The van der Waals surface area contributed by atoms with Gasteiger partial charge in [0, 0.05) is 36.4 Å². The summed E-state index contributed by atoms with van der Waals surface area (Å²) in [5.41, 5.74) is 1.35. The lowest BCUT2D eigenvalue weighted by Gasteiger charge is -2.30. The fraction of sp³-hybridized carbons (Fsp3) is 0.417. The van der Waals surface area contributed by atoms with Crippen LogP contribution in [0.5, 0.6) is 0 Å². The van der Waals surface area contributed by atoms with E-state index in [1.54, 1.807) is 24.3 Å². The van der Waals surface area contributed by atoms with Crippen molar-refractivity contribution in [3.05, 3.63) is 53.1 Å². The molecule has 7 nitrogen and oxygen atoms in total. The molecule has 2 aromatic carbocycles. The van der Waals surface area contributed by atoms with Crippen molar-refractivity contribution in [2.24, 2.45) is 11.8 Å². The van der Waals surface area contributed by atoms with Gasteiger partial charge in [0.25, 0.3) is 5.91 Å². The highest BCUT2D eigenvalue weighted by atomic mass is 35.5. The summed E-state index contributed by atoms with van der Waals surface area (Å²) >= 11 is 6.22. The topological polar surface area (TPSA) is 95.6 Å². The predicted octanol–water partition coefficient (Wildman–Crippen LogP) is 5.00. The van der Waals surface area contributed by atoms with Crippen LogP contribution in [0.2, 0.25) is 5.02 Å². The summed E-state index contributed by atoms with van der Waals surface area (Å²) in [7, 11) is -3.80. The van der Waals surface area contributed by atoms with Crippen molar-refractivity contribution >= 4 is 44.8 Å². The number of rotatable bonds is 7. The summed E-state index contributed by atoms with van der Waals surface area (Å²) < 4.78 is 27.7. The van der Waals surface area contributed by atoms with Crippen LogP contribution in [-0.2, 0) is 14.8 Å². The molecule has 1 aliphatic rings. The minimum atomic E-state index is -3.80. The van der Waals surface area contributed by atoms with Crippen LogP contribution < -0.4 is 10.6 Å². The molecule has 3 rings (SSSR count). The van der Waals surface area contributed by atoms with E-state index < -0.39 is 15.9 Å².